The number of ether oxygens (including phenoxy) is 2. The van der Waals surface area contributed by atoms with Gasteiger partial charge in [0, 0.05) is 30.9 Å². The molecule has 9 nitrogen and oxygen atoms in total. The smallest absolute Gasteiger partial charge is 0.341 e. The SMILES string of the molecule is Cc1cccc(NC(=O)COC(=O)c2cc([N+](=O)[O-])ccc2N2CCOCC2)c1C. The summed E-state index contributed by atoms with van der Waals surface area (Å²) >= 11 is 0. The minimum atomic E-state index is -0.795. The minimum absolute atomic E-state index is 0.0469. The summed E-state index contributed by atoms with van der Waals surface area (Å²) in [5.74, 6) is -1.29. The zero-order valence-electron chi connectivity index (χ0n) is 16.8. The lowest BCUT2D eigenvalue weighted by molar-refractivity contribution is -0.384. The van der Waals surface area contributed by atoms with Crippen LogP contribution in [0.15, 0.2) is 36.4 Å². The molecule has 1 heterocycles. The van der Waals surface area contributed by atoms with Gasteiger partial charge < -0.3 is 19.7 Å². The third kappa shape index (κ3) is 4.93. The molecule has 0 aromatic heterocycles. The number of amides is 1. The molecule has 9 heteroatoms. The van der Waals surface area contributed by atoms with Gasteiger partial charge in [-0.1, -0.05) is 12.1 Å². The summed E-state index contributed by atoms with van der Waals surface area (Å²) in [5.41, 5.74) is 2.93. The molecule has 1 aliphatic heterocycles. The lowest BCUT2D eigenvalue weighted by atomic mass is 10.1. The molecule has 0 spiro atoms. The molecule has 1 saturated heterocycles. The van der Waals surface area contributed by atoms with Crippen LogP contribution in [0.1, 0.15) is 21.5 Å². The molecule has 0 saturated carbocycles. The maximum Gasteiger partial charge on any atom is 0.341 e. The molecule has 0 aliphatic carbocycles. The number of nitrogens with zero attached hydrogens (tertiary/aromatic N) is 2. The number of esters is 1. The first-order valence-corrected chi connectivity index (χ1v) is 9.51. The first-order chi connectivity index (χ1) is 14.4. The van der Waals surface area contributed by atoms with Gasteiger partial charge in [0.1, 0.15) is 0 Å². The summed E-state index contributed by atoms with van der Waals surface area (Å²) in [6, 6.07) is 9.56. The van der Waals surface area contributed by atoms with Crippen molar-refractivity contribution in [2.24, 2.45) is 0 Å². The highest BCUT2D eigenvalue weighted by atomic mass is 16.6. The summed E-state index contributed by atoms with van der Waals surface area (Å²) in [5, 5.41) is 13.9. The monoisotopic (exact) mass is 413 g/mol. The van der Waals surface area contributed by atoms with Crippen LogP contribution in [-0.4, -0.2) is 49.7 Å². The molecule has 0 radical (unpaired) electrons. The van der Waals surface area contributed by atoms with Gasteiger partial charge in [-0.15, -0.1) is 0 Å². The van der Waals surface area contributed by atoms with Gasteiger partial charge in [-0.3, -0.25) is 14.9 Å². The van der Waals surface area contributed by atoms with Gasteiger partial charge >= 0.3 is 5.97 Å². The van der Waals surface area contributed by atoms with Gasteiger partial charge in [-0.25, -0.2) is 4.79 Å². The van der Waals surface area contributed by atoms with Crippen LogP contribution in [0.4, 0.5) is 17.1 Å². The largest absolute Gasteiger partial charge is 0.452 e. The van der Waals surface area contributed by atoms with Crippen LogP contribution in [0.5, 0.6) is 0 Å². The van der Waals surface area contributed by atoms with Crippen molar-refractivity contribution in [3.63, 3.8) is 0 Å². The molecule has 1 aliphatic rings. The molecule has 1 fully saturated rings. The highest BCUT2D eigenvalue weighted by Gasteiger charge is 2.23. The van der Waals surface area contributed by atoms with Gasteiger partial charge in [0.05, 0.1) is 29.4 Å². The van der Waals surface area contributed by atoms with E-state index in [9.17, 15) is 19.7 Å². The van der Waals surface area contributed by atoms with Crippen molar-refractivity contribution in [3.8, 4) is 0 Å². The maximum atomic E-state index is 12.7. The zero-order chi connectivity index (χ0) is 21.7. The molecule has 1 amide bonds. The third-order valence-electron chi connectivity index (χ3n) is 4.98. The Morgan fingerprint density at radius 3 is 2.63 bits per heavy atom. The molecule has 0 bridgehead atoms. The van der Waals surface area contributed by atoms with Gasteiger partial charge in [-0.2, -0.15) is 0 Å². The zero-order valence-corrected chi connectivity index (χ0v) is 16.8. The van der Waals surface area contributed by atoms with Crippen molar-refractivity contribution in [2.45, 2.75) is 13.8 Å². The second kappa shape index (κ2) is 9.36. The van der Waals surface area contributed by atoms with Gasteiger partial charge in [0.15, 0.2) is 6.61 Å². The van der Waals surface area contributed by atoms with E-state index in [-0.39, 0.29) is 11.3 Å². The Morgan fingerprint density at radius 1 is 1.20 bits per heavy atom. The van der Waals surface area contributed by atoms with Crippen LogP contribution >= 0.6 is 0 Å². The number of carbonyl (C=O) groups is 2. The fraction of sp³-hybridized carbons (Fsp3) is 0.333. The van der Waals surface area contributed by atoms with E-state index in [1.54, 1.807) is 6.07 Å². The molecule has 2 aromatic carbocycles. The number of hydrogen-bond donors (Lipinski definition) is 1. The summed E-state index contributed by atoms with van der Waals surface area (Å²) in [4.78, 5) is 37.4. The number of nitro groups is 1. The number of rotatable bonds is 6. The average molecular weight is 413 g/mol. The molecule has 158 valence electrons. The molecule has 0 unspecified atom stereocenters. The van der Waals surface area contributed by atoms with Crippen LogP contribution < -0.4 is 10.2 Å². The summed E-state index contributed by atoms with van der Waals surface area (Å²) in [6.07, 6.45) is 0. The Labute approximate surface area is 173 Å². The van der Waals surface area contributed by atoms with Crippen LogP contribution in [0.2, 0.25) is 0 Å². The van der Waals surface area contributed by atoms with Crippen molar-refractivity contribution in [1.82, 2.24) is 0 Å². The average Bonchev–Trinajstić information content (AvgIpc) is 2.75. The van der Waals surface area contributed by atoms with E-state index in [2.05, 4.69) is 5.32 Å². The third-order valence-corrected chi connectivity index (χ3v) is 4.98. The molecule has 1 N–H and O–H groups in total. The normalized spacial score (nSPS) is 13.6. The Kier molecular flexibility index (Phi) is 6.63. The van der Waals surface area contributed by atoms with E-state index in [4.69, 9.17) is 9.47 Å². The molecule has 0 atom stereocenters. The Balaban J connectivity index is 1.73. The molecule has 3 rings (SSSR count). The second-order valence-corrected chi connectivity index (χ2v) is 6.93. The standard InChI is InChI=1S/C21H23N3O6/c1-14-4-3-5-18(15(14)2)22-20(25)13-30-21(26)17-12-16(24(27)28)6-7-19(17)23-8-10-29-11-9-23/h3-7,12H,8-11,13H2,1-2H3,(H,22,25). The number of hydrogen-bond acceptors (Lipinski definition) is 7. The number of nitrogens with one attached hydrogen (secondary N) is 1. The van der Waals surface area contributed by atoms with Crippen molar-refractivity contribution in [2.75, 3.05) is 43.1 Å². The van der Waals surface area contributed by atoms with E-state index in [1.807, 2.05) is 30.9 Å². The van der Waals surface area contributed by atoms with Gasteiger partial charge in [-0.05, 0) is 37.1 Å². The summed E-state index contributed by atoms with van der Waals surface area (Å²) < 4.78 is 10.5. The predicted molar refractivity (Wildman–Crippen MR) is 111 cm³/mol. The second-order valence-electron chi connectivity index (χ2n) is 6.93. The number of anilines is 2. The number of non-ortho nitro benzene ring substituents is 1. The van der Waals surface area contributed by atoms with Crippen LogP contribution in [-0.2, 0) is 14.3 Å². The molecule has 2 aromatic rings. The molecule has 30 heavy (non-hydrogen) atoms. The van der Waals surface area contributed by atoms with E-state index in [0.29, 0.717) is 37.7 Å². The maximum absolute atomic E-state index is 12.7. The first kappa shape index (κ1) is 21.3. The number of aryl methyl sites for hydroxylation is 1. The topological polar surface area (TPSA) is 111 Å². The van der Waals surface area contributed by atoms with Crippen LogP contribution in [0, 0.1) is 24.0 Å². The van der Waals surface area contributed by atoms with Crippen molar-refractivity contribution in [3.05, 3.63) is 63.2 Å². The van der Waals surface area contributed by atoms with Crippen LogP contribution in [0.3, 0.4) is 0 Å². The Morgan fingerprint density at radius 2 is 1.93 bits per heavy atom. The predicted octanol–water partition coefficient (Wildman–Crippen LogP) is 2.84. The first-order valence-electron chi connectivity index (χ1n) is 9.51. The Hall–Kier alpha value is -3.46. The lowest BCUT2D eigenvalue weighted by Crippen LogP contribution is -2.37. The fourth-order valence-corrected chi connectivity index (χ4v) is 3.16. The van der Waals surface area contributed by atoms with Gasteiger partial charge in [0.2, 0.25) is 0 Å². The summed E-state index contributed by atoms with van der Waals surface area (Å²) in [6.45, 7) is 5.39. The van der Waals surface area contributed by atoms with E-state index in [1.165, 1.54) is 18.2 Å². The number of carbonyl (C=O) groups excluding carboxylic acids is 2. The van der Waals surface area contributed by atoms with E-state index in [0.717, 1.165) is 11.1 Å². The Bertz CT molecular complexity index is 969. The quantitative estimate of drug-likeness (QED) is 0.440. The van der Waals surface area contributed by atoms with E-state index < -0.39 is 23.4 Å². The van der Waals surface area contributed by atoms with Crippen molar-refractivity contribution < 1.29 is 24.0 Å². The van der Waals surface area contributed by atoms with E-state index >= 15 is 0 Å². The molecular formula is C21H23N3O6. The number of nitro benzene ring substituents is 1. The molecular weight excluding hydrogens is 390 g/mol. The van der Waals surface area contributed by atoms with Gasteiger partial charge in [0.25, 0.3) is 11.6 Å². The fourth-order valence-electron chi connectivity index (χ4n) is 3.16. The highest BCUT2D eigenvalue weighted by molar-refractivity contribution is 5.99. The highest BCUT2D eigenvalue weighted by Crippen LogP contribution is 2.27. The van der Waals surface area contributed by atoms with Crippen LogP contribution in [0.25, 0.3) is 0 Å². The van der Waals surface area contributed by atoms with Crippen molar-refractivity contribution >= 4 is 28.9 Å². The van der Waals surface area contributed by atoms with Crippen molar-refractivity contribution in [1.29, 1.82) is 0 Å². The lowest BCUT2D eigenvalue weighted by Gasteiger charge is -2.30. The number of benzene rings is 2. The minimum Gasteiger partial charge on any atom is -0.452 e. The number of morpholine rings is 1. The summed E-state index contributed by atoms with van der Waals surface area (Å²) in [7, 11) is 0.